The van der Waals surface area contributed by atoms with Crippen molar-refractivity contribution in [2.75, 3.05) is 13.1 Å². The van der Waals surface area contributed by atoms with Gasteiger partial charge in [-0.1, -0.05) is 49.9 Å². The lowest BCUT2D eigenvalue weighted by Crippen LogP contribution is -2.42. The van der Waals surface area contributed by atoms with Crippen molar-refractivity contribution in [1.82, 2.24) is 10.0 Å². The Kier molecular flexibility index (Phi) is 5.81. The van der Waals surface area contributed by atoms with Crippen LogP contribution in [0.2, 0.25) is 0 Å². The van der Waals surface area contributed by atoms with E-state index in [4.69, 9.17) is 0 Å². The van der Waals surface area contributed by atoms with Crippen LogP contribution in [0.4, 0.5) is 0 Å². The van der Waals surface area contributed by atoms with E-state index in [0.717, 1.165) is 49.2 Å². The van der Waals surface area contributed by atoms with Gasteiger partial charge < -0.3 is 5.32 Å². The van der Waals surface area contributed by atoms with Crippen molar-refractivity contribution in [2.45, 2.75) is 72.6 Å². The molecule has 0 saturated carbocycles. The van der Waals surface area contributed by atoms with Crippen LogP contribution in [0.15, 0.2) is 51.1 Å². The molecule has 6 heteroatoms. The third kappa shape index (κ3) is 3.65. The van der Waals surface area contributed by atoms with Gasteiger partial charge in [0.2, 0.25) is 10.0 Å². The fraction of sp³-hybridized carbons (Fsp3) is 0.478. The molecule has 0 amide bonds. The number of hydrogen-bond acceptors (Lipinski definition) is 4. The van der Waals surface area contributed by atoms with Crippen LogP contribution in [0.25, 0.3) is 0 Å². The molecule has 0 bridgehead atoms. The maximum Gasteiger partial charge on any atom is 0.241 e. The maximum atomic E-state index is 13.2. The second kappa shape index (κ2) is 8.06. The van der Waals surface area contributed by atoms with Gasteiger partial charge in [-0.25, -0.2) is 13.1 Å². The van der Waals surface area contributed by atoms with E-state index in [2.05, 4.69) is 54.2 Å². The van der Waals surface area contributed by atoms with E-state index >= 15 is 0 Å². The lowest BCUT2D eigenvalue weighted by molar-refractivity contribution is 0.426. The second-order valence-corrected chi connectivity index (χ2v) is 10.9. The quantitative estimate of drug-likeness (QED) is 0.728. The van der Waals surface area contributed by atoms with E-state index in [1.54, 1.807) is 11.8 Å². The first kappa shape index (κ1) is 20.9. The number of benzene rings is 2. The molecule has 2 aromatic carbocycles. The molecule has 4 rings (SSSR count). The summed E-state index contributed by atoms with van der Waals surface area (Å²) in [5, 5.41) is 3.29. The molecule has 1 fully saturated rings. The molecule has 4 nitrogen and oxygen atoms in total. The monoisotopic (exact) mass is 430 g/mol. The predicted octanol–water partition coefficient (Wildman–Crippen LogP) is 4.60. The van der Waals surface area contributed by atoms with Gasteiger partial charge in [0.25, 0.3) is 0 Å². The van der Waals surface area contributed by atoms with Gasteiger partial charge in [-0.2, -0.15) is 0 Å². The van der Waals surface area contributed by atoms with E-state index < -0.39 is 10.0 Å². The third-order valence-corrected chi connectivity index (χ3v) is 9.37. The average Bonchev–Trinajstić information content (AvgIpc) is 2.72. The second-order valence-electron chi connectivity index (χ2n) is 8.15. The Morgan fingerprint density at radius 2 is 1.76 bits per heavy atom. The Balaban J connectivity index is 1.79. The minimum atomic E-state index is -3.54. The van der Waals surface area contributed by atoms with Crippen LogP contribution in [0.1, 0.15) is 56.2 Å². The molecule has 1 saturated heterocycles. The largest absolute Gasteiger partial charge is 0.317 e. The minimum Gasteiger partial charge on any atom is -0.317 e. The van der Waals surface area contributed by atoms with E-state index in [-0.39, 0.29) is 11.5 Å². The molecule has 2 aliphatic heterocycles. The smallest absolute Gasteiger partial charge is 0.241 e. The molecule has 2 aliphatic rings. The van der Waals surface area contributed by atoms with Gasteiger partial charge in [-0.05, 0) is 74.5 Å². The zero-order valence-electron chi connectivity index (χ0n) is 17.4. The third-order valence-electron chi connectivity index (χ3n) is 6.57. The number of nitrogens with one attached hydrogen (secondary N) is 2. The lowest BCUT2D eigenvalue weighted by Gasteiger charge is -2.40. The van der Waals surface area contributed by atoms with Crippen molar-refractivity contribution >= 4 is 21.8 Å². The number of sulfonamides is 1. The summed E-state index contributed by atoms with van der Waals surface area (Å²) in [6.07, 6.45) is 3.65. The highest BCUT2D eigenvalue weighted by Crippen LogP contribution is 2.53. The van der Waals surface area contributed by atoms with Gasteiger partial charge in [0, 0.05) is 21.2 Å². The summed E-state index contributed by atoms with van der Waals surface area (Å²) in [6, 6.07) is 12.6. The molecule has 156 valence electrons. The zero-order valence-corrected chi connectivity index (χ0v) is 19.1. The Morgan fingerprint density at radius 3 is 2.45 bits per heavy atom. The van der Waals surface area contributed by atoms with Gasteiger partial charge in [0.05, 0.1) is 4.90 Å². The van der Waals surface area contributed by atoms with Gasteiger partial charge in [-0.15, -0.1) is 0 Å². The standard InChI is InChI=1S/C23H30N2O2S2/c1-4-23(5-2)18-8-6-7-9-20(18)28-21-15-22(16(3)14-19(21)23)29(26,27)25-17-10-12-24-13-11-17/h6-9,14-15,17,24-25H,4-5,10-13H2,1-3H3. The van der Waals surface area contributed by atoms with Crippen LogP contribution in [-0.2, 0) is 15.4 Å². The summed E-state index contributed by atoms with van der Waals surface area (Å²) < 4.78 is 29.4. The van der Waals surface area contributed by atoms with Crippen LogP contribution < -0.4 is 10.0 Å². The summed E-state index contributed by atoms with van der Waals surface area (Å²) in [6.45, 7) is 8.12. The first-order valence-corrected chi connectivity index (χ1v) is 12.9. The molecule has 0 unspecified atom stereocenters. The average molecular weight is 431 g/mol. The van der Waals surface area contributed by atoms with E-state index in [1.807, 2.05) is 13.0 Å². The summed E-state index contributed by atoms with van der Waals surface area (Å²) in [4.78, 5) is 2.73. The van der Waals surface area contributed by atoms with Crippen LogP contribution in [0.5, 0.6) is 0 Å². The SMILES string of the molecule is CCC1(CC)c2ccccc2Sc2cc(S(=O)(=O)NC3CCNCC3)c(C)cc21. The highest BCUT2D eigenvalue weighted by atomic mass is 32.2. The number of aryl methyl sites for hydroxylation is 1. The van der Waals surface area contributed by atoms with Crippen molar-refractivity contribution in [1.29, 1.82) is 0 Å². The van der Waals surface area contributed by atoms with Crippen molar-refractivity contribution in [3.8, 4) is 0 Å². The first-order valence-electron chi connectivity index (χ1n) is 10.6. The summed E-state index contributed by atoms with van der Waals surface area (Å²) in [5.41, 5.74) is 3.40. The molecule has 29 heavy (non-hydrogen) atoms. The molecule has 2 heterocycles. The number of fused-ring (bicyclic) bond motifs is 2. The summed E-state index contributed by atoms with van der Waals surface area (Å²) in [5.74, 6) is 0. The number of rotatable bonds is 5. The molecule has 0 radical (unpaired) electrons. The topological polar surface area (TPSA) is 58.2 Å². The summed E-state index contributed by atoms with van der Waals surface area (Å²) in [7, 11) is -3.54. The fourth-order valence-corrected chi connectivity index (χ4v) is 7.80. The minimum absolute atomic E-state index is 0.00966. The molecule has 0 spiro atoms. The number of hydrogen-bond donors (Lipinski definition) is 2. The lowest BCUT2D eigenvalue weighted by atomic mass is 9.70. The Labute approximate surface area is 178 Å². The van der Waals surface area contributed by atoms with Crippen molar-refractivity contribution < 1.29 is 8.42 Å². The predicted molar refractivity (Wildman–Crippen MR) is 119 cm³/mol. The zero-order chi connectivity index (χ0) is 20.6. The highest BCUT2D eigenvalue weighted by molar-refractivity contribution is 7.99. The van der Waals surface area contributed by atoms with Crippen LogP contribution >= 0.6 is 11.8 Å². The molecule has 2 N–H and O–H groups in total. The van der Waals surface area contributed by atoms with Crippen molar-refractivity contribution in [3.05, 3.63) is 53.1 Å². The van der Waals surface area contributed by atoms with Gasteiger partial charge in [-0.3, -0.25) is 0 Å². The van der Waals surface area contributed by atoms with Crippen molar-refractivity contribution in [3.63, 3.8) is 0 Å². The molecule has 2 aromatic rings. The van der Waals surface area contributed by atoms with E-state index in [1.165, 1.54) is 16.0 Å². The van der Waals surface area contributed by atoms with Crippen molar-refractivity contribution in [2.24, 2.45) is 0 Å². The molecule has 0 aliphatic carbocycles. The Bertz CT molecular complexity index is 1010. The van der Waals surface area contributed by atoms with Crippen LogP contribution in [0.3, 0.4) is 0 Å². The van der Waals surface area contributed by atoms with E-state index in [9.17, 15) is 8.42 Å². The summed E-state index contributed by atoms with van der Waals surface area (Å²) >= 11 is 1.70. The molecule has 0 aromatic heterocycles. The normalized spacial score (nSPS) is 18.9. The van der Waals surface area contributed by atoms with Gasteiger partial charge in [0.15, 0.2) is 0 Å². The maximum absolute atomic E-state index is 13.2. The van der Waals surface area contributed by atoms with Gasteiger partial charge in [0.1, 0.15) is 0 Å². The molecular weight excluding hydrogens is 400 g/mol. The van der Waals surface area contributed by atoms with E-state index in [0.29, 0.717) is 4.90 Å². The van der Waals surface area contributed by atoms with Crippen LogP contribution in [0, 0.1) is 6.92 Å². The molecule has 0 atom stereocenters. The Morgan fingerprint density at radius 1 is 1.07 bits per heavy atom. The fourth-order valence-electron chi connectivity index (χ4n) is 4.87. The van der Waals surface area contributed by atoms with Crippen LogP contribution in [-0.4, -0.2) is 27.5 Å². The first-order chi connectivity index (χ1) is 13.9. The Hall–Kier alpha value is -1.34. The van der Waals surface area contributed by atoms with Gasteiger partial charge >= 0.3 is 0 Å². The molecular formula is C23H30N2O2S2. The highest BCUT2D eigenvalue weighted by Gasteiger charge is 2.39. The number of piperidine rings is 1.